The summed E-state index contributed by atoms with van der Waals surface area (Å²) in [5.41, 5.74) is 2.20. The summed E-state index contributed by atoms with van der Waals surface area (Å²) in [4.78, 5) is 29.4. The Morgan fingerprint density at radius 2 is 2.03 bits per heavy atom. The van der Waals surface area contributed by atoms with Crippen LogP contribution in [-0.2, 0) is 23.2 Å². The molecule has 0 spiro atoms. The standard InChI is InChI=1S/C24H34FN5O5/c1-16-21(35-18(14-25)10-6-7-11-22(31)32)13-12-19(26-16)23-20(30(3)28-27-23)15-34-24(33)29(2)17-8-4-5-9-17/h12-13,17-18H,4-11,14-15H2,1-3H3,(H,31,32)/t18-/m0/s1. The van der Waals surface area contributed by atoms with Crippen LogP contribution in [0.1, 0.15) is 62.8 Å². The molecule has 0 bridgehead atoms. The molecule has 10 nitrogen and oxygen atoms in total. The van der Waals surface area contributed by atoms with Crippen molar-refractivity contribution in [1.82, 2.24) is 24.9 Å². The van der Waals surface area contributed by atoms with Crippen LogP contribution in [0.15, 0.2) is 12.1 Å². The van der Waals surface area contributed by atoms with E-state index in [1.165, 1.54) is 0 Å². The lowest BCUT2D eigenvalue weighted by atomic mass is 10.1. The lowest BCUT2D eigenvalue weighted by Crippen LogP contribution is -2.35. The zero-order valence-corrected chi connectivity index (χ0v) is 20.6. The van der Waals surface area contributed by atoms with Gasteiger partial charge in [0.1, 0.15) is 36.5 Å². The van der Waals surface area contributed by atoms with Crippen LogP contribution < -0.4 is 4.74 Å². The summed E-state index contributed by atoms with van der Waals surface area (Å²) in [7, 11) is 3.49. The quantitative estimate of drug-likeness (QED) is 0.442. The average Bonchev–Trinajstić information content (AvgIpc) is 3.50. The maximum atomic E-state index is 13.4. The molecule has 1 aliphatic carbocycles. The van der Waals surface area contributed by atoms with Gasteiger partial charge in [-0.2, -0.15) is 0 Å². The van der Waals surface area contributed by atoms with Gasteiger partial charge < -0.3 is 19.5 Å². The first kappa shape index (κ1) is 26.4. The van der Waals surface area contributed by atoms with Crippen molar-refractivity contribution in [3.05, 3.63) is 23.5 Å². The molecule has 1 amide bonds. The molecule has 3 rings (SSSR count). The number of aromatic nitrogens is 4. The molecule has 1 fully saturated rings. The number of carboxylic acids is 1. The van der Waals surface area contributed by atoms with E-state index in [1.807, 2.05) is 0 Å². The molecule has 35 heavy (non-hydrogen) atoms. The first-order chi connectivity index (χ1) is 16.8. The van der Waals surface area contributed by atoms with E-state index in [0.717, 1.165) is 25.7 Å². The third-order valence-corrected chi connectivity index (χ3v) is 6.35. The number of alkyl halides is 1. The minimum Gasteiger partial charge on any atom is -0.486 e. The Morgan fingerprint density at radius 1 is 1.29 bits per heavy atom. The van der Waals surface area contributed by atoms with Crippen LogP contribution in [0.3, 0.4) is 0 Å². The molecule has 0 aromatic carbocycles. The molecule has 1 atom stereocenters. The maximum absolute atomic E-state index is 13.4. The Kier molecular flexibility index (Phi) is 9.39. The van der Waals surface area contributed by atoms with Gasteiger partial charge in [0.25, 0.3) is 0 Å². The molecule has 1 saturated carbocycles. The van der Waals surface area contributed by atoms with Crippen molar-refractivity contribution < 1.29 is 28.6 Å². The van der Waals surface area contributed by atoms with Crippen molar-refractivity contribution in [2.45, 2.75) is 77.0 Å². The van der Waals surface area contributed by atoms with Crippen LogP contribution in [0.4, 0.5) is 9.18 Å². The molecule has 2 heterocycles. The minimum absolute atomic E-state index is 0.00791. The number of unbranched alkanes of at least 4 members (excludes halogenated alkanes) is 1. The molecule has 0 aliphatic heterocycles. The number of nitrogens with zero attached hydrogens (tertiary/aromatic N) is 5. The summed E-state index contributed by atoms with van der Waals surface area (Å²) >= 11 is 0. The van der Waals surface area contributed by atoms with Gasteiger partial charge in [-0.25, -0.2) is 18.9 Å². The number of hydrogen-bond acceptors (Lipinski definition) is 7. The molecule has 1 aliphatic rings. The fourth-order valence-corrected chi connectivity index (χ4v) is 4.21. The van der Waals surface area contributed by atoms with E-state index >= 15 is 0 Å². The number of halogens is 1. The lowest BCUT2D eigenvalue weighted by Gasteiger charge is -2.23. The van der Waals surface area contributed by atoms with Crippen LogP contribution in [-0.4, -0.2) is 67.9 Å². The second kappa shape index (κ2) is 12.5. The summed E-state index contributed by atoms with van der Waals surface area (Å²) in [6.45, 7) is 1.09. The molecule has 2 aromatic rings. The molecular formula is C24H34FN5O5. The van der Waals surface area contributed by atoms with Crippen molar-refractivity contribution in [1.29, 1.82) is 0 Å². The minimum atomic E-state index is -0.864. The van der Waals surface area contributed by atoms with Gasteiger partial charge in [0, 0.05) is 26.6 Å². The Bertz CT molecular complexity index is 1010. The second-order valence-electron chi connectivity index (χ2n) is 8.93. The molecular weight excluding hydrogens is 457 g/mol. The summed E-state index contributed by atoms with van der Waals surface area (Å²) in [5.74, 6) is -0.415. The van der Waals surface area contributed by atoms with Crippen molar-refractivity contribution in [3.63, 3.8) is 0 Å². The fraction of sp³-hybridized carbons (Fsp3) is 0.625. The first-order valence-electron chi connectivity index (χ1n) is 12.0. The highest BCUT2D eigenvalue weighted by Gasteiger charge is 2.25. The number of pyridine rings is 1. The topological polar surface area (TPSA) is 120 Å². The Balaban J connectivity index is 1.63. The van der Waals surface area contributed by atoms with E-state index in [-0.39, 0.29) is 25.2 Å². The number of hydrogen-bond donors (Lipinski definition) is 1. The Hall–Kier alpha value is -3.24. The van der Waals surface area contributed by atoms with Gasteiger partial charge in [-0.05, 0) is 51.2 Å². The smallest absolute Gasteiger partial charge is 0.410 e. The zero-order chi connectivity index (χ0) is 25.4. The number of carboxylic acid groups (broad SMARTS) is 1. The number of ether oxygens (including phenoxy) is 2. The van der Waals surface area contributed by atoms with Crippen LogP contribution in [0.2, 0.25) is 0 Å². The molecule has 1 N–H and O–H groups in total. The van der Waals surface area contributed by atoms with E-state index in [4.69, 9.17) is 14.6 Å². The van der Waals surface area contributed by atoms with Gasteiger partial charge in [-0.15, -0.1) is 5.10 Å². The number of rotatable bonds is 12. The highest BCUT2D eigenvalue weighted by Crippen LogP contribution is 2.27. The number of amides is 1. The highest BCUT2D eigenvalue weighted by molar-refractivity contribution is 5.68. The number of carbonyl (C=O) groups is 2. The summed E-state index contributed by atoms with van der Waals surface area (Å²) in [6.07, 6.45) is 4.70. The lowest BCUT2D eigenvalue weighted by molar-refractivity contribution is -0.137. The van der Waals surface area contributed by atoms with Gasteiger partial charge in [-0.3, -0.25) is 4.79 Å². The number of carbonyl (C=O) groups excluding carboxylic acids is 1. The molecule has 0 unspecified atom stereocenters. The van der Waals surface area contributed by atoms with E-state index in [0.29, 0.717) is 47.8 Å². The van der Waals surface area contributed by atoms with Crippen LogP contribution in [0, 0.1) is 6.92 Å². The predicted molar refractivity (Wildman–Crippen MR) is 126 cm³/mol. The van der Waals surface area contributed by atoms with E-state index in [2.05, 4.69) is 15.3 Å². The SMILES string of the molecule is Cc1nc(-c2nnn(C)c2COC(=O)N(C)C2CCCC2)ccc1O[C@H](CF)CCCCC(=O)O. The summed E-state index contributed by atoms with van der Waals surface area (Å²) in [6, 6.07) is 3.63. The normalized spacial score (nSPS) is 14.6. The number of aryl methyl sites for hydroxylation is 2. The third-order valence-electron chi connectivity index (χ3n) is 6.35. The van der Waals surface area contributed by atoms with Crippen molar-refractivity contribution in [3.8, 4) is 17.1 Å². The van der Waals surface area contributed by atoms with E-state index < -0.39 is 18.7 Å². The predicted octanol–water partition coefficient (Wildman–Crippen LogP) is 4.06. The molecule has 192 valence electrons. The maximum Gasteiger partial charge on any atom is 0.410 e. The van der Waals surface area contributed by atoms with Crippen LogP contribution in [0.5, 0.6) is 5.75 Å². The van der Waals surface area contributed by atoms with Crippen molar-refractivity contribution >= 4 is 12.1 Å². The summed E-state index contributed by atoms with van der Waals surface area (Å²) in [5, 5.41) is 17.0. The molecule has 2 aromatic heterocycles. The molecule has 0 radical (unpaired) electrons. The van der Waals surface area contributed by atoms with Crippen molar-refractivity contribution in [2.75, 3.05) is 13.7 Å². The van der Waals surface area contributed by atoms with E-state index in [9.17, 15) is 14.0 Å². The van der Waals surface area contributed by atoms with Crippen LogP contribution >= 0.6 is 0 Å². The highest BCUT2D eigenvalue weighted by atomic mass is 19.1. The Morgan fingerprint density at radius 3 is 2.69 bits per heavy atom. The zero-order valence-electron chi connectivity index (χ0n) is 20.6. The average molecular weight is 492 g/mol. The molecule has 11 heteroatoms. The summed E-state index contributed by atoms with van der Waals surface area (Å²) < 4.78 is 26.3. The monoisotopic (exact) mass is 491 g/mol. The van der Waals surface area contributed by atoms with Gasteiger partial charge in [0.15, 0.2) is 0 Å². The largest absolute Gasteiger partial charge is 0.486 e. The third kappa shape index (κ3) is 7.12. The van der Waals surface area contributed by atoms with Gasteiger partial charge >= 0.3 is 12.1 Å². The van der Waals surface area contributed by atoms with Crippen molar-refractivity contribution in [2.24, 2.45) is 7.05 Å². The molecule has 0 saturated heterocycles. The number of aliphatic carboxylic acids is 1. The Labute approximate surface area is 204 Å². The first-order valence-corrected chi connectivity index (χ1v) is 12.0. The second-order valence-corrected chi connectivity index (χ2v) is 8.93. The van der Waals surface area contributed by atoms with E-state index in [1.54, 1.807) is 42.7 Å². The van der Waals surface area contributed by atoms with Gasteiger partial charge in [0.05, 0.1) is 11.4 Å². The fourth-order valence-electron chi connectivity index (χ4n) is 4.21. The van der Waals surface area contributed by atoms with Gasteiger partial charge in [-0.1, -0.05) is 18.1 Å². The van der Waals surface area contributed by atoms with Gasteiger partial charge in [0.2, 0.25) is 0 Å². The van der Waals surface area contributed by atoms with Crippen LogP contribution in [0.25, 0.3) is 11.4 Å².